The topological polar surface area (TPSA) is 0 Å². The van der Waals surface area contributed by atoms with Crippen molar-refractivity contribution in [3.8, 4) is 11.3 Å². The Balaban J connectivity index is 3.08. The van der Waals surface area contributed by atoms with E-state index in [0.717, 1.165) is 0 Å². The van der Waals surface area contributed by atoms with Crippen LogP contribution in [0.25, 0.3) is 0 Å². The van der Waals surface area contributed by atoms with Gasteiger partial charge in [0.15, 0.2) is 0 Å². The largest absolute Gasteiger partial charge is 0.118 e. The van der Waals surface area contributed by atoms with E-state index in [-0.39, 0.29) is 0 Å². The second-order valence-electron chi connectivity index (χ2n) is 0.866. The molecule has 0 unspecified atom stereocenters. The summed E-state index contributed by atoms with van der Waals surface area (Å²) in [6.07, 6.45) is 0.437. The van der Waals surface area contributed by atoms with Gasteiger partial charge in [0.2, 0.25) is 0 Å². The zero-order valence-corrected chi connectivity index (χ0v) is 5.69. The number of rotatable bonds is 1. The van der Waals surface area contributed by atoms with Crippen molar-refractivity contribution in [2.75, 3.05) is 0 Å². The van der Waals surface area contributed by atoms with Crippen molar-refractivity contribution in [2.24, 2.45) is 0 Å². The van der Waals surface area contributed by atoms with Crippen molar-refractivity contribution < 1.29 is 0 Å². The Bertz CT molecular complexity index is 86.8. The van der Waals surface area contributed by atoms with Gasteiger partial charge in [-0.3, -0.25) is 0 Å². The Morgan fingerprint density at radius 1 is 1.43 bits per heavy atom. The number of alkyl halides is 2. The number of halogens is 3. The maximum absolute atomic E-state index is 5.26. The van der Waals surface area contributed by atoms with Crippen molar-refractivity contribution in [2.45, 2.75) is 11.3 Å². The smallest absolute Gasteiger partial charge is 0.104 e. The minimum absolute atomic E-state index is 0.411. The van der Waals surface area contributed by atoms with Gasteiger partial charge in [-0.2, -0.15) is 0 Å². The Kier molecular flexibility index (Phi) is 4.87. The first-order valence-corrected chi connectivity index (χ1v) is 2.89. The Labute approximate surface area is 57.7 Å². The zero-order valence-electron chi connectivity index (χ0n) is 3.42. The van der Waals surface area contributed by atoms with Crippen LogP contribution in [-0.2, 0) is 0 Å². The molecule has 0 amide bonds. The molecule has 0 aromatic carbocycles. The molecule has 7 heavy (non-hydrogen) atoms. The van der Waals surface area contributed by atoms with Gasteiger partial charge in [0.1, 0.15) is 4.84 Å². The first-order valence-electron chi connectivity index (χ1n) is 1.64. The van der Waals surface area contributed by atoms with E-state index in [1.807, 2.05) is 0 Å². The highest BCUT2D eigenvalue weighted by atomic mass is 35.5. The first-order chi connectivity index (χ1) is 3.27. The van der Waals surface area contributed by atoms with Gasteiger partial charge in [0.05, 0.1) is 0 Å². The van der Waals surface area contributed by atoms with Gasteiger partial charge in [-0.1, -0.05) is 5.92 Å². The second-order valence-corrected chi connectivity index (χ2v) is 2.33. The van der Waals surface area contributed by atoms with Crippen molar-refractivity contribution >= 4 is 34.8 Å². The molecule has 0 fully saturated rings. The maximum atomic E-state index is 5.26. The molecule has 0 rings (SSSR count). The molecule has 0 aromatic heterocycles. The summed E-state index contributed by atoms with van der Waals surface area (Å²) < 4.78 is 0. The summed E-state index contributed by atoms with van der Waals surface area (Å²) in [5.74, 6) is 2.50. The lowest BCUT2D eigenvalue weighted by Gasteiger charge is -1.85. The van der Waals surface area contributed by atoms with E-state index in [2.05, 4.69) is 11.3 Å². The average Bonchev–Trinajstić information content (AvgIpc) is 1.61. The van der Waals surface area contributed by atoms with Crippen LogP contribution in [0.2, 0.25) is 0 Å². The van der Waals surface area contributed by atoms with E-state index >= 15 is 0 Å². The minimum Gasteiger partial charge on any atom is -0.104 e. The normalized spacial score (nSPS) is 8.00. The molecule has 0 aliphatic heterocycles. The molecule has 0 nitrogen and oxygen atoms in total. The van der Waals surface area contributed by atoms with Gasteiger partial charge in [0.25, 0.3) is 0 Å². The summed E-state index contributed by atoms with van der Waals surface area (Å²) >= 11 is 15.5. The molecular weight excluding hydrogens is 154 g/mol. The summed E-state index contributed by atoms with van der Waals surface area (Å²) in [6.45, 7) is 0. The number of hydrogen-bond acceptors (Lipinski definition) is 0. The third kappa shape index (κ3) is 6.43. The monoisotopic (exact) mass is 156 g/mol. The highest BCUT2D eigenvalue weighted by Gasteiger charge is 1.90. The lowest BCUT2D eigenvalue weighted by Crippen LogP contribution is -1.79. The van der Waals surface area contributed by atoms with E-state index < -0.39 is 4.84 Å². The zero-order chi connectivity index (χ0) is 5.70. The highest BCUT2D eigenvalue weighted by Crippen LogP contribution is 2.04. The van der Waals surface area contributed by atoms with E-state index in [1.54, 1.807) is 0 Å². The van der Waals surface area contributed by atoms with Crippen LogP contribution in [0.3, 0.4) is 0 Å². The van der Waals surface area contributed by atoms with E-state index in [9.17, 15) is 0 Å². The molecule has 0 aliphatic carbocycles. The van der Waals surface area contributed by atoms with Crippen molar-refractivity contribution in [1.29, 1.82) is 0 Å². The average molecular weight is 157 g/mol. The molecule has 0 spiro atoms. The van der Waals surface area contributed by atoms with Gasteiger partial charge in [-0.15, -0.1) is 23.2 Å². The molecular formula is C4H3Cl3. The van der Waals surface area contributed by atoms with Crippen LogP contribution >= 0.6 is 34.8 Å². The van der Waals surface area contributed by atoms with Crippen LogP contribution in [-0.4, -0.2) is 4.84 Å². The quantitative estimate of drug-likeness (QED) is 0.405. The van der Waals surface area contributed by atoms with Gasteiger partial charge >= 0.3 is 0 Å². The fraction of sp³-hybridized carbons (Fsp3) is 0.500. The van der Waals surface area contributed by atoms with E-state index in [0.29, 0.717) is 6.42 Å². The maximum Gasteiger partial charge on any atom is 0.118 e. The summed E-state index contributed by atoms with van der Waals surface area (Å²) in [5.41, 5.74) is 0. The lowest BCUT2D eigenvalue weighted by molar-refractivity contribution is 1.20. The predicted molar refractivity (Wildman–Crippen MR) is 33.7 cm³/mol. The fourth-order valence-electron chi connectivity index (χ4n) is 0.116. The molecule has 0 N–H and O–H groups in total. The standard InChI is InChI=1S/C4H3Cl3/c5-3-1-2-4(6)7/h4H,2H2. The van der Waals surface area contributed by atoms with E-state index in [1.165, 1.54) is 0 Å². The molecule has 3 heteroatoms. The summed E-state index contributed by atoms with van der Waals surface area (Å²) in [6, 6.07) is 0. The van der Waals surface area contributed by atoms with Crippen molar-refractivity contribution in [1.82, 2.24) is 0 Å². The molecule has 0 heterocycles. The van der Waals surface area contributed by atoms with Crippen LogP contribution in [0, 0.1) is 11.3 Å². The summed E-state index contributed by atoms with van der Waals surface area (Å²) in [4.78, 5) is -0.411. The Morgan fingerprint density at radius 2 is 2.00 bits per heavy atom. The van der Waals surface area contributed by atoms with Crippen LogP contribution < -0.4 is 0 Å². The van der Waals surface area contributed by atoms with Gasteiger partial charge in [-0.25, -0.2) is 0 Å². The van der Waals surface area contributed by atoms with Crippen LogP contribution in [0.1, 0.15) is 6.42 Å². The molecule has 0 radical (unpaired) electrons. The van der Waals surface area contributed by atoms with Gasteiger partial charge in [0, 0.05) is 11.8 Å². The molecule has 40 valence electrons. The first kappa shape index (κ1) is 7.43. The Morgan fingerprint density at radius 3 is 2.14 bits per heavy atom. The molecule has 0 saturated carbocycles. The third-order valence-electron chi connectivity index (χ3n) is 0.323. The second kappa shape index (κ2) is 4.59. The Hall–Kier alpha value is 0.430. The van der Waals surface area contributed by atoms with Crippen molar-refractivity contribution in [3.05, 3.63) is 0 Å². The minimum atomic E-state index is -0.411. The molecule has 0 aromatic rings. The lowest BCUT2D eigenvalue weighted by atomic mass is 10.5. The predicted octanol–water partition coefficient (Wildman–Crippen LogP) is 2.38. The van der Waals surface area contributed by atoms with Crippen molar-refractivity contribution in [3.63, 3.8) is 0 Å². The molecule has 0 aliphatic rings. The van der Waals surface area contributed by atoms with Crippen LogP contribution in [0.15, 0.2) is 0 Å². The van der Waals surface area contributed by atoms with Crippen LogP contribution in [0.4, 0.5) is 0 Å². The highest BCUT2D eigenvalue weighted by molar-refractivity contribution is 6.44. The third-order valence-corrected chi connectivity index (χ3v) is 0.765. The molecule has 0 bridgehead atoms. The fourth-order valence-corrected chi connectivity index (χ4v) is 0.347. The van der Waals surface area contributed by atoms with Gasteiger partial charge in [-0.05, 0) is 11.6 Å². The SMILES string of the molecule is ClC#CCC(Cl)Cl. The molecule has 0 saturated heterocycles. The number of hydrogen-bond donors (Lipinski definition) is 0. The summed E-state index contributed by atoms with van der Waals surface area (Å²) in [5, 5.41) is 2.15. The molecule has 0 atom stereocenters. The summed E-state index contributed by atoms with van der Waals surface area (Å²) in [7, 11) is 0. The van der Waals surface area contributed by atoms with Gasteiger partial charge < -0.3 is 0 Å². The van der Waals surface area contributed by atoms with E-state index in [4.69, 9.17) is 34.8 Å². The van der Waals surface area contributed by atoms with Crippen LogP contribution in [0.5, 0.6) is 0 Å².